The molecule has 0 fully saturated rings. The molecule has 0 bridgehead atoms. The van der Waals surface area contributed by atoms with Crippen LogP contribution in [0, 0.1) is 0 Å². The monoisotopic (exact) mass is 421 g/mol. The number of carbonyl (C=O) groups is 1. The van der Waals surface area contributed by atoms with E-state index in [9.17, 15) is 4.79 Å². The third-order valence-electron chi connectivity index (χ3n) is 4.03. The third kappa shape index (κ3) is 5.56. The van der Waals surface area contributed by atoms with Gasteiger partial charge in [-0.3, -0.25) is 9.78 Å². The highest BCUT2D eigenvalue weighted by Gasteiger charge is 2.07. The minimum absolute atomic E-state index is 0.0435. The standard InChI is InChI=1S/C22H19N3O2S2/c26-21(14-28-15-22-25-19-9-1-2-10-20(19)29-22)24-16-7-5-8-18(12-16)27-13-17-6-3-4-11-23-17/h1-12H,13-15H2,(H,24,26). The molecule has 5 nitrogen and oxygen atoms in total. The van der Waals surface area contributed by atoms with Crippen LogP contribution in [0.15, 0.2) is 72.9 Å². The molecule has 1 N–H and O–H groups in total. The summed E-state index contributed by atoms with van der Waals surface area (Å²) in [5, 5.41) is 3.96. The second-order valence-electron chi connectivity index (χ2n) is 6.25. The van der Waals surface area contributed by atoms with Crippen LogP contribution in [0.3, 0.4) is 0 Å². The lowest BCUT2D eigenvalue weighted by molar-refractivity contribution is -0.113. The van der Waals surface area contributed by atoms with Crippen LogP contribution in [0.25, 0.3) is 10.2 Å². The number of thioether (sulfide) groups is 1. The van der Waals surface area contributed by atoms with Crippen molar-refractivity contribution in [1.82, 2.24) is 9.97 Å². The minimum Gasteiger partial charge on any atom is -0.487 e. The number of rotatable bonds is 8. The number of fused-ring (bicyclic) bond motifs is 1. The van der Waals surface area contributed by atoms with Gasteiger partial charge in [0.05, 0.1) is 21.7 Å². The lowest BCUT2D eigenvalue weighted by atomic mass is 10.3. The number of thiazole rings is 1. The summed E-state index contributed by atoms with van der Waals surface area (Å²) >= 11 is 3.23. The number of ether oxygens (including phenoxy) is 1. The van der Waals surface area contributed by atoms with Crippen molar-refractivity contribution in [2.24, 2.45) is 0 Å². The number of aromatic nitrogens is 2. The highest BCUT2D eigenvalue weighted by atomic mass is 32.2. The molecule has 0 atom stereocenters. The molecule has 2 aromatic carbocycles. The van der Waals surface area contributed by atoms with Gasteiger partial charge in [-0.15, -0.1) is 23.1 Å². The Kier molecular flexibility index (Phi) is 6.38. The van der Waals surface area contributed by atoms with Gasteiger partial charge >= 0.3 is 0 Å². The van der Waals surface area contributed by atoms with Crippen molar-refractivity contribution in [3.8, 4) is 5.75 Å². The summed E-state index contributed by atoms with van der Waals surface area (Å²) in [5.41, 5.74) is 2.59. The summed E-state index contributed by atoms with van der Waals surface area (Å²) in [6, 6.07) is 21.2. The summed E-state index contributed by atoms with van der Waals surface area (Å²) < 4.78 is 6.93. The summed E-state index contributed by atoms with van der Waals surface area (Å²) in [4.78, 5) is 21.1. The molecule has 0 spiro atoms. The first-order valence-electron chi connectivity index (χ1n) is 9.11. The SMILES string of the molecule is O=C(CSCc1nc2ccccc2s1)Nc1cccc(OCc2ccccn2)c1. The van der Waals surface area contributed by atoms with Gasteiger partial charge in [-0.05, 0) is 36.4 Å². The Labute approximate surface area is 177 Å². The number of anilines is 1. The van der Waals surface area contributed by atoms with Gasteiger partial charge < -0.3 is 10.1 Å². The van der Waals surface area contributed by atoms with Crippen LogP contribution in [0.4, 0.5) is 5.69 Å². The molecule has 2 aromatic heterocycles. The van der Waals surface area contributed by atoms with Gasteiger partial charge in [0.1, 0.15) is 17.4 Å². The molecule has 0 radical (unpaired) electrons. The number of benzene rings is 2. The smallest absolute Gasteiger partial charge is 0.234 e. The van der Waals surface area contributed by atoms with Crippen molar-refractivity contribution >= 4 is 44.9 Å². The average molecular weight is 422 g/mol. The van der Waals surface area contributed by atoms with Gasteiger partial charge in [0.25, 0.3) is 0 Å². The maximum atomic E-state index is 12.3. The molecule has 0 aliphatic heterocycles. The number of hydrogen-bond acceptors (Lipinski definition) is 6. The molecular weight excluding hydrogens is 402 g/mol. The van der Waals surface area contributed by atoms with Gasteiger partial charge in [-0.2, -0.15) is 0 Å². The Balaban J connectivity index is 1.25. The summed E-state index contributed by atoms with van der Waals surface area (Å²) in [7, 11) is 0. The van der Waals surface area contributed by atoms with Crippen LogP contribution in [0.5, 0.6) is 5.75 Å². The molecular formula is C22H19N3O2S2. The number of pyridine rings is 1. The number of hydrogen-bond donors (Lipinski definition) is 1. The van der Waals surface area contributed by atoms with Crippen molar-refractivity contribution in [2.45, 2.75) is 12.4 Å². The topological polar surface area (TPSA) is 64.1 Å². The summed E-state index contributed by atoms with van der Waals surface area (Å²) in [5.74, 6) is 1.74. The molecule has 0 saturated carbocycles. The van der Waals surface area contributed by atoms with E-state index in [-0.39, 0.29) is 5.91 Å². The van der Waals surface area contributed by atoms with E-state index in [0.29, 0.717) is 23.8 Å². The number of nitrogens with zero attached hydrogens (tertiary/aromatic N) is 2. The van der Waals surface area contributed by atoms with Crippen molar-refractivity contribution < 1.29 is 9.53 Å². The van der Waals surface area contributed by atoms with E-state index in [1.807, 2.05) is 60.7 Å². The second kappa shape index (κ2) is 9.54. The number of carbonyl (C=O) groups excluding carboxylic acids is 1. The number of nitrogens with one attached hydrogen (secondary N) is 1. The van der Waals surface area contributed by atoms with E-state index in [2.05, 4.69) is 21.4 Å². The highest BCUT2D eigenvalue weighted by molar-refractivity contribution is 7.99. The lowest BCUT2D eigenvalue weighted by Crippen LogP contribution is -2.14. The van der Waals surface area contributed by atoms with E-state index in [4.69, 9.17) is 4.74 Å². The predicted molar refractivity (Wildman–Crippen MR) is 119 cm³/mol. The van der Waals surface area contributed by atoms with Crippen molar-refractivity contribution in [3.63, 3.8) is 0 Å². The quantitative estimate of drug-likeness (QED) is 0.427. The maximum absolute atomic E-state index is 12.3. The molecule has 0 unspecified atom stereocenters. The third-order valence-corrected chi connectivity index (χ3v) is 6.19. The average Bonchev–Trinajstić information content (AvgIpc) is 3.16. The fraction of sp³-hybridized carbons (Fsp3) is 0.136. The Morgan fingerprint density at radius 3 is 2.83 bits per heavy atom. The zero-order chi connectivity index (χ0) is 19.9. The second-order valence-corrected chi connectivity index (χ2v) is 8.35. The molecule has 0 saturated heterocycles. The van der Waals surface area contributed by atoms with Gasteiger partial charge in [0.15, 0.2) is 0 Å². The van der Waals surface area contributed by atoms with E-state index in [1.54, 1.807) is 29.3 Å². The summed E-state index contributed by atoms with van der Waals surface area (Å²) in [6.07, 6.45) is 1.74. The Hall–Kier alpha value is -2.90. The van der Waals surface area contributed by atoms with E-state index in [1.165, 1.54) is 4.70 Å². The molecule has 146 valence electrons. The summed E-state index contributed by atoms with van der Waals surface area (Å²) in [6.45, 7) is 0.385. The van der Waals surface area contributed by atoms with Crippen LogP contribution in [-0.2, 0) is 17.2 Å². The zero-order valence-electron chi connectivity index (χ0n) is 15.6. The zero-order valence-corrected chi connectivity index (χ0v) is 17.2. The predicted octanol–water partition coefficient (Wildman–Crippen LogP) is 5.14. The Morgan fingerprint density at radius 1 is 1.07 bits per heavy atom. The molecule has 4 aromatic rings. The Bertz CT molecular complexity index is 1070. The Morgan fingerprint density at radius 2 is 1.97 bits per heavy atom. The first-order chi connectivity index (χ1) is 14.3. The molecule has 7 heteroatoms. The van der Waals surface area contributed by atoms with Crippen molar-refractivity contribution in [2.75, 3.05) is 11.1 Å². The van der Waals surface area contributed by atoms with Gasteiger partial charge in [-0.1, -0.05) is 24.3 Å². The first kappa shape index (κ1) is 19.4. The lowest BCUT2D eigenvalue weighted by Gasteiger charge is -2.09. The van der Waals surface area contributed by atoms with Crippen molar-refractivity contribution in [3.05, 3.63) is 83.6 Å². The van der Waals surface area contributed by atoms with Crippen LogP contribution in [0.1, 0.15) is 10.7 Å². The minimum atomic E-state index is -0.0435. The van der Waals surface area contributed by atoms with Gasteiger partial charge in [0.2, 0.25) is 5.91 Å². The number of para-hydroxylation sites is 1. The molecule has 4 rings (SSSR count). The van der Waals surface area contributed by atoms with Crippen LogP contribution >= 0.6 is 23.1 Å². The van der Waals surface area contributed by atoms with E-state index < -0.39 is 0 Å². The number of amides is 1. The first-order valence-corrected chi connectivity index (χ1v) is 11.1. The molecule has 2 heterocycles. The fourth-order valence-electron chi connectivity index (χ4n) is 2.71. The molecule has 0 aliphatic carbocycles. The van der Waals surface area contributed by atoms with Crippen LogP contribution in [-0.4, -0.2) is 21.6 Å². The highest BCUT2D eigenvalue weighted by Crippen LogP contribution is 2.25. The van der Waals surface area contributed by atoms with Crippen LogP contribution in [0.2, 0.25) is 0 Å². The van der Waals surface area contributed by atoms with Gasteiger partial charge in [0, 0.05) is 23.7 Å². The largest absolute Gasteiger partial charge is 0.487 e. The van der Waals surface area contributed by atoms with Crippen molar-refractivity contribution in [1.29, 1.82) is 0 Å². The molecule has 1 amide bonds. The van der Waals surface area contributed by atoms with E-state index >= 15 is 0 Å². The van der Waals surface area contributed by atoms with Crippen LogP contribution < -0.4 is 10.1 Å². The maximum Gasteiger partial charge on any atom is 0.234 e. The molecule has 0 aliphatic rings. The molecule has 29 heavy (non-hydrogen) atoms. The van der Waals surface area contributed by atoms with Gasteiger partial charge in [-0.25, -0.2) is 4.98 Å². The normalized spacial score (nSPS) is 10.8. The fourth-order valence-corrected chi connectivity index (χ4v) is 4.56. The van der Waals surface area contributed by atoms with E-state index in [0.717, 1.165) is 22.0 Å².